The van der Waals surface area contributed by atoms with Crippen molar-refractivity contribution in [2.45, 2.75) is 38.3 Å². The van der Waals surface area contributed by atoms with Crippen LogP contribution in [0.2, 0.25) is 0 Å². The predicted octanol–water partition coefficient (Wildman–Crippen LogP) is 2.31. The van der Waals surface area contributed by atoms with Crippen LogP contribution < -0.4 is 10.6 Å². The molecule has 2 N–H and O–H groups in total. The van der Waals surface area contributed by atoms with Crippen LogP contribution in [0, 0.1) is 12.8 Å². The highest BCUT2D eigenvalue weighted by Gasteiger charge is 2.45. The molecule has 16 heavy (non-hydrogen) atoms. The molecule has 0 amide bonds. The molecule has 1 aromatic carbocycles. The molecule has 1 heterocycles. The highest BCUT2D eigenvalue weighted by Crippen LogP contribution is 2.45. The second-order valence-electron chi connectivity index (χ2n) is 5.22. The fraction of sp³-hybridized carbons (Fsp3) is 0.571. The van der Waals surface area contributed by atoms with Gasteiger partial charge in [0.25, 0.3) is 0 Å². The smallest absolute Gasteiger partial charge is 0.0444 e. The van der Waals surface area contributed by atoms with E-state index in [1.165, 1.54) is 30.5 Å². The van der Waals surface area contributed by atoms with E-state index in [0.29, 0.717) is 6.04 Å². The average molecular weight is 216 g/mol. The summed E-state index contributed by atoms with van der Waals surface area (Å²) in [5, 5.41) is 0. The summed E-state index contributed by atoms with van der Waals surface area (Å²) in [5.41, 5.74) is 8.75. The van der Waals surface area contributed by atoms with E-state index in [0.717, 1.165) is 18.5 Å². The van der Waals surface area contributed by atoms with Crippen molar-refractivity contribution >= 4 is 5.69 Å². The molecule has 1 saturated carbocycles. The summed E-state index contributed by atoms with van der Waals surface area (Å²) in [7, 11) is 0. The fourth-order valence-electron chi connectivity index (χ4n) is 3.63. The van der Waals surface area contributed by atoms with Crippen molar-refractivity contribution in [2.75, 3.05) is 11.4 Å². The van der Waals surface area contributed by atoms with Crippen molar-refractivity contribution in [3.05, 3.63) is 29.8 Å². The van der Waals surface area contributed by atoms with Crippen LogP contribution in [0.15, 0.2) is 24.3 Å². The molecular weight excluding hydrogens is 196 g/mol. The minimum Gasteiger partial charge on any atom is -0.364 e. The van der Waals surface area contributed by atoms with Gasteiger partial charge in [0.05, 0.1) is 0 Å². The number of nitrogens with two attached hydrogens (primary N) is 1. The lowest BCUT2D eigenvalue weighted by Gasteiger charge is -2.37. The summed E-state index contributed by atoms with van der Waals surface area (Å²) < 4.78 is 0. The van der Waals surface area contributed by atoms with Gasteiger partial charge in [0, 0.05) is 24.3 Å². The summed E-state index contributed by atoms with van der Waals surface area (Å²) >= 11 is 0. The lowest BCUT2D eigenvalue weighted by atomic mass is 9.97. The van der Waals surface area contributed by atoms with Crippen LogP contribution in [0.25, 0.3) is 0 Å². The Balaban J connectivity index is 1.97. The maximum Gasteiger partial charge on any atom is 0.0444 e. The van der Waals surface area contributed by atoms with Crippen molar-refractivity contribution in [1.29, 1.82) is 0 Å². The largest absolute Gasteiger partial charge is 0.364 e. The summed E-state index contributed by atoms with van der Waals surface area (Å²) in [5.74, 6) is 0.842. The molecule has 1 aromatic rings. The van der Waals surface area contributed by atoms with E-state index in [2.05, 4.69) is 36.1 Å². The van der Waals surface area contributed by atoms with Crippen LogP contribution >= 0.6 is 0 Å². The average Bonchev–Trinajstić information content (AvgIpc) is 2.89. The van der Waals surface area contributed by atoms with E-state index in [9.17, 15) is 0 Å². The number of hydrogen-bond acceptors (Lipinski definition) is 2. The number of piperidine rings is 1. The van der Waals surface area contributed by atoms with E-state index in [4.69, 9.17) is 5.73 Å². The first-order valence-corrected chi connectivity index (χ1v) is 6.35. The van der Waals surface area contributed by atoms with E-state index < -0.39 is 0 Å². The Bertz CT molecular complexity index is 388. The zero-order valence-corrected chi connectivity index (χ0v) is 9.89. The third kappa shape index (κ3) is 1.36. The molecule has 3 atom stereocenters. The van der Waals surface area contributed by atoms with Crippen molar-refractivity contribution in [1.82, 2.24) is 0 Å². The Morgan fingerprint density at radius 3 is 2.88 bits per heavy atom. The summed E-state index contributed by atoms with van der Waals surface area (Å²) in [4.78, 5) is 2.60. The highest BCUT2D eigenvalue weighted by atomic mass is 15.2. The lowest BCUT2D eigenvalue weighted by molar-refractivity contribution is 0.434. The topological polar surface area (TPSA) is 29.3 Å². The Kier molecular flexibility index (Phi) is 2.40. The molecule has 2 aliphatic rings. The molecule has 3 unspecified atom stereocenters. The molecule has 2 nitrogen and oxygen atoms in total. The van der Waals surface area contributed by atoms with Crippen LogP contribution in [-0.2, 0) is 0 Å². The number of rotatable bonds is 2. The lowest BCUT2D eigenvalue weighted by Crippen LogP contribution is -2.45. The summed E-state index contributed by atoms with van der Waals surface area (Å²) in [6.07, 6.45) is 4.10. The third-order valence-electron chi connectivity index (χ3n) is 4.38. The molecule has 0 radical (unpaired) electrons. The summed E-state index contributed by atoms with van der Waals surface area (Å²) in [6.45, 7) is 3.00. The number of nitrogens with zero attached hydrogens (tertiary/aromatic N) is 1. The maximum atomic E-state index is 5.96. The van der Waals surface area contributed by atoms with Gasteiger partial charge in [-0.1, -0.05) is 18.2 Å². The van der Waals surface area contributed by atoms with Gasteiger partial charge >= 0.3 is 0 Å². The molecule has 3 rings (SSSR count). The van der Waals surface area contributed by atoms with E-state index in [-0.39, 0.29) is 0 Å². The van der Waals surface area contributed by atoms with Gasteiger partial charge < -0.3 is 10.6 Å². The highest BCUT2D eigenvalue weighted by molar-refractivity contribution is 5.56. The second-order valence-corrected chi connectivity index (χ2v) is 5.22. The maximum absolute atomic E-state index is 5.96. The summed E-state index contributed by atoms with van der Waals surface area (Å²) in [6, 6.07) is 10.0. The Hall–Kier alpha value is -1.02. The standard InChI is InChI=1S/C14H20N2/c1-10-4-2-3-5-13(10)16-12-7-6-11(8-12)14(16)9-15/h2-5,11-12,14H,6-9,15H2,1H3. The molecule has 1 aliphatic carbocycles. The van der Waals surface area contributed by atoms with Crippen LogP contribution in [0.3, 0.4) is 0 Å². The molecule has 2 fully saturated rings. The molecule has 86 valence electrons. The van der Waals surface area contributed by atoms with Crippen molar-refractivity contribution in [3.8, 4) is 0 Å². The normalized spacial score (nSPS) is 32.4. The van der Waals surface area contributed by atoms with Gasteiger partial charge in [-0.15, -0.1) is 0 Å². The fourth-order valence-corrected chi connectivity index (χ4v) is 3.63. The van der Waals surface area contributed by atoms with Gasteiger partial charge in [-0.05, 0) is 43.7 Å². The number of aryl methyl sites for hydroxylation is 1. The van der Waals surface area contributed by atoms with Gasteiger partial charge in [0.1, 0.15) is 0 Å². The quantitative estimate of drug-likeness (QED) is 0.822. The third-order valence-corrected chi connectivity index (χ3v) is 4.38. The Morgan fingerprint density at radius 2 is 2.12 bits per heavy atom. The zero-order chi connectivity index (χ0) is 11.1. The van der Waals surface area contributed by atoms with Crippen LogP contribution in [0.5, 0.6) is 0 Å². The number of benzene rings is 1. The van der Waals surface area contributed by atoms with Gasteiger partial charge in [0.2, 0.25) is 0 Å². The van der Waals surface area contributed by atoms with E-state index >= 15 is 0 Å². The predicted molar refractivity (Wildman–Crippen MR) is 67.6 cm³/mol. The molecule has 2 bridgehead atoms. The van der Waals surface area contributed by atoms with Crippen molar-refractivity contribution in [2.24, 2.45) is 11.7 Å². The molecule has 2 heteroatoms. The first kappa shape index (κ1) is 10.2. The first-order chi connectivity index (χ1) is 7.81. The molecule has 1 aliphatic heterocycles. The van der Waals surface area contributed by atoms with Crippen LogP contribution in [-0.4, -0.2) is 18.6 Å². The first-order valence-electron chi connectivity index (χ1n) is 6.35. The monoisotopic (exact) mass is 216 g/mol. The number of fused-ring (bicyclic) bond motifs is 2. The molecule has 0 aromatic heterocycles. The molecular formula is C14H20N2. The number of anilines is 1. The van der Waals surface area contributed by atoms with Gasteiger partial charge in [-0.3, -0.25) is 0 Å². The molecule has 1 saturated heterocycles. The second kappa shape index (κ2) is 3.77. The molecule has 0 spiro atoms. The van der Waals surface area contributed by atoms with Gasteiger partial charge in [-0.2, -0.15) is 0 Å². The van der Waals surface area contributed by atoms with Crippen molar-refractivity contribution < 1.29 is 0 Å². The minimum absolute atomic E-state index is 0.583. The van der Waals surface area contributed by atoms with Crippen LogP contribution in [0.1, 0.15) is 24.8 Å². The SMILES string of the molecule is Cc1ccccc1N1C2CCC(C2)C1CN. The van der Waals surface area contributed by atoms with Crippen LogP contribution in [0.4, 0.5) is 5.69 Å². The van der Waals surface area contributed by atoms with Gasteiger partial charge in [0.15, 0.2) is 0 Å². The van der Waals surface area contributed by atoms with E-state index in [1.807, 2.05) is 0 Å². The zero-order valence-electron chi connectivity index (χ0n) is 9.89. The minimum atomic E-state index is 0.583. The van der Waals surface area contributed by atoms with E-state index in [1.54, 1.807) is 0 Å². The van der Waals surface area contributed by atoms with Crippen molar-refractivity contribution in [3.63, 3.8) is 0 Å². The van der Waals surface area contributed by atoms with Gasteiger partial charge in [-0.25, -0.2) is 0 Å². The Morgan fingerprint density at radius 1 is 1.31 bits per heavy atom. The Labute approximate surface area is 97.4 Å². The number of hydrogen-bond donors (Lipinski definition) is 1. The number of para-hydroxylation sites is 1.